The van der Waals surface area contributed by atoms with E-state index < -0.39 is 10.9 Å². The second kappa shape index (κ2) is 8.06. The fourth-order valence-corrected chi connectivity index (χ4v) is 4.26. The Morgan fingerprint density at radius 1 is 1.18 bits per heavy atom. The lowest BCUT2D eigenvalue weighted by Gasteiger charge is -2.33. The summed E-state index contributed by atoms with van der Waals surface area (Å²) in [7, 11) is 17.3. The van der Waals surface area contributed by atoms with Gasteiger partial charge >= 0.3 is 0 Å². The van der Waals surface area contributed by atoms with Crippen LogP contribution in [0.15, 0.2) is 36.7 Å². The minimum absolute atomic E-state index is 0.130. The Morgan fingerprint density at radius 2 is 1.97 bits per heavy atom. The van der Waals surface area contributed by atoms with E-state index in [0.717, 1.165) is 34.9 Å². The van der Waals surface area contributed by atoms with Crippen molar-refractivity contribution in [2.24, 2.45) is 0 Å². The number of benzene rings is 1. The number of hydrogen-bond donors (Lipinski definition) is 3. The first-order chi connectivity index (χ1) is 15.7. The molecule has 3 N–H and O–H groups in total. The smallest absolute Gasteiger partial charge is 0.228 e. The number of nitrogens with one attached hydrogen (secondary N) is 2. The van der Waals surface area contributed by atoms with Gasteiger partial charge in [-0.1, -0.05) is 6.07 Å². The van der Waals surface area contributed by atoms with Crippen molar-refractivity contribution in [2.75, 3.05) is 5.32 Å². The summed E-state index contributed by atoms with van der Waals surface area (Å²) in [6.45, 7) is 1.86. The second-order valence-corrected chi connectivity index (χ2v) is 8.95. The molecule has 0 spiro atoms. The summed E-state index contributed by atoms with van der Waals surface area (Å²) in [5.41, 5.74) is 2.43. The monoisotopic (exact) mass is 434 g/mol. The van der Waals surface area contributed by atoms with E-state index in [4.69, 9.17) is 28.3 Å². The van der Waals surface area contributed by atoms with Crippen molar-refractivity contribution in [2.45, 2.75) is 49.5 Å². The minimum atomic E-state index is -1.92. The molecule has 11 heteroatoms. The molecule has 0 aliphatic heterocycles. The second-order valence-electron chi connectivity index (χ2n) is 8.95. The van der Waals surface area contributed by atoms with Crippen molar-refractivity contribution in [3.63, 3.8) is 0 Å². The van der Waals surface area contributed by atoms with Gasteiger partial charge in [0.15, 0.2) is 0 Å². The Bertz CT molecular complexity index is 1310. The third kappa shape index (κ3) is 4.69. The zero-order valence-corrected chi connectivity index (χ0v) is 18.2. The number of aromatic nitrogens is 5. The van der Waals surface area contributed by atoms with Gasteiger partial charge in [-0.25, -0.2) is 0 Å². The van der Waals surface area contributed by atoms with E-state index in [1.165, 1.54) is 0 Å². The fraction of sp³-hybridized carbons (Fsp3) is 0.364. The van der Waals surface area contributed by atoms with Crippen LogP contribution in [0.25, 0.3) is 33.1 Å². The number of H-pyrrole nitrogens is 1. The summed E-state index contributed by atoms with van der Waals surface area (Å²) in [6, 6.07) is 7.85. The van der Waals surface area contributed by atoms with Gasteiger partial charge in [-0.3, -0.25) is 0 Å². The molecule has 6 radical (unpaired) electrons. The lowest BCUT2D eigenvalue weighted by Crippen LogP contribution is -2.38. The summed E-state index contributed by atoms with van der Waals surface area (Å²) < 4.78 is 5.65. The van der Waals surface area contributed by atoms with Gasteiger partial charge in [0, 0.05) is 23.2 Å². The number of hydrogen-bond acceptors (Lipinski definition) is 7. The van der Waals surface area contributed by atoms with Crippen LogP contribution in [0.4, 0.5) is 5.95 Å². The Hall–Kier alpha value is -3.07. The lowest BCUT2D eigenvalue weighted by molar-refractivity contribution is 0.0195. The molecule has 0 bridgehead atoms. The molecule has 0 atom stereocenters. The zero-order valence-electron chi connectivity index (χ0n) is 18.2. The van der Waals surface area contributed by atoms with Crippen molar-refractivity contribution >= 4 is 51.4 Å². The van der Waals surface area contributed by atoms with Gasteiger partial charge in [0.1, 0.15) is 29.2 Å². The Kier molecular flexibility index (Phi) is 5.31. The lowest BCUT2D eigenvalue weighted by atomic mass is 9.52. The molecule has 0 saturated heterocycles. The number of anilines is 1. The molecule has 160 valence electrons. The molecule has 0 amide bonds. The van der Waals surface area contributed by atoms with Crippen molar-refractivity contribution in [3.8, 4) is 17.0 Å². The molecule has 1 aliphatic rings. The van der Waals surface area contributed by atoms with Crippen LogP contribution in [0, 0.1) is 0 Å². The van der Waals surface area contributed by atoms with E-state index in [-0.39, 0.29) is 11.9 Å². The van der Waals surface area contributed by atoms with Gasteiger partial charge < -0.3 is 20.1 Å². The largest absolute Gasteiger partial charge is 0.500 e. The molecular formula is C22H21B3N6O2. The van der Waals surface area contributed by atoms with E-state index in [9.17, 15) is 5.11 Å². The average Bonchev–Trinajstić information content (AvgIpc) is 3.18. The summed E-state index contributed by atoms with van der Waals surface area (Å²) in [5.74, 6) is 0.539. The molecule has 0 unspecified atom stereocenters. The number of rotatable bonds is 5. The molecule has 1 aromatic carbocycles. The van der Waals surface area contributed by atoms with Crippen molar-refractivity contribution in [3.05, 3.63) is 36.7 Å². The highest BCUT2D eigenvalue weighted by molar-refractivity contribution is 6.58. The summed E-state index contributed by atoms with van der Waals surface area (Å²) in [6.07, 6.45) is 6.48. The topological polar surface area (TPSA) is 109 Å². The van der Waals surface area contributed by atoms with Gasteiger partial charge in [0.05, 0.1) is 22.7 Å². The van der Waals surface area contributed by atoms with Crippen LogP contribution in [0.3, 0.4) is 0 Å². The quantitative estimate of drug-likeness (QED) is 0.414. The SMILES string of the molecule is [B]C([B])([B])Oc1nc(NC2CCC(C)(O)CC2)nc2[nH]cc(-c3ccc4nnccc4c3)c12. The van der Waals surface area contributed by atoms with E-state index in [0.29, 0.717) is 29.8 Å². The predicted molar refractivity (Wildman–Crippen MR) is 130 cm³/mol. The zero-order chi connectivity index (χ0) is 23.2. The van der Waals surface area contributed by atoms with Crippen molar-refractivity contribution < 1.29 is 9.84 Å². The molecular weight excluding hydrogens is 413 g/mol. The fourth-order valence-electron chi connectivity index (χ4n) is 4.26. The highest BCUT2D eigenvalue weighted by atomic mass is 16.5. The first kappa shape index (κ1) is 21.8. The van der Waals surface area contributed by atoms with Crippen LogP contribution in [0.2, 0.25) is 0 Å². The summed E-state index contributed by atoms with van der Waals surface area (Å²) in [5, 5.41) is 21.2. The standard InChI is InChI=1S/C22H21B3N6O2/c1-21(32)7-4-14(5-8-21)28-20-29-18-17(19(30-20)33-22(23,24)25)15(11-26-18)12-2-3-16-13(10-12)6-9-27-31-16/h2-3,6,9-11,14,32H,4-5,7-8H2,1H3,(H2,26,28,29,30). The highest BCUT2D eigenvalue weighted by Crippen LogP contribution is 2.37. The Morgan fingerprint density at radius 3 is 2.73 bits per heavy atom. The molecule has 5 rings (SSSR count). The van der Waals surface area contributed by atoms with Gasteiger partial charge in [0.2, 0.25) is 11.8 Å². The van der Waals surface area contributed by atoms with Gasteiger partial charge in [-0.2, -0.15) is 20.2 Å². The van der Waals surface area contributed by atoms with Crippen LogP contribution in [0.5, 0.6) is 5.88 Å². The first-order valence-corrected chi connectivity index (χ1v) is 10.8. The number of aliphatic hydroxyl groups is 1. The maximum Gasteiger partial charge on any atom is 0.228 e. The van der Waals surface area contributed by atoms with Crippen LogP contribution < -0.4 is 10.1 Å². The van der Waals surface area contributed by atoms with E-state index in [1.807, 2.05) is 37.4 Å². The normalized spacial score (nSPS) is 21.3. The van der Waals surface area contributed by atoms with Gasteiger partial charge in [-0.05, 0) is 61.7 Å². The third-order valence-corrected chi connectivity index (χ3v) is 5.99. The molecule has 4 aromatic rings. The molecule has 1 fully saturated rings. The number of fused-ring (bicyclic) bond motifs is 2. The van der Waals surface area contributed by atoms with Crippen LogP contribution >= 0.6 is 0 Å². The van der Waals surface area contributed by atoms with Crippen LogP contribution in [0.1, 0.15) is 32.6 Å². The van der Waals surface area contributed by atoms with Gasteiger partial charge in [-0.15, -0.1) is 0 Å². The minimum Gasteiger partial charge on any atom is -0.500 e. The first-order valence-electron chi connectivity index (χ1n) is 10.8. The number of aromatic amines is 1. The molecule has 8 nitrogen and oxygen atoms in total. The Labute approximate surface area is 195 Å². The molecule has 33 heavy (non-hydrogen) atoms. The van der Waals surface area contributed by atoms with E-state index in [1.54, 1.807) is 6.20 Å². The van der Waals surface area contributed by atoms with Crippen molar-refractivity contribution in [1.82, 2.24) is 25.1 Å². The third-order valence-electron chi connectivity index (χ3n) is 5.99. The molecule has 3 aromatic heterocycles. The van der Waals surface area contributed by atoms with Crippen LogP contribution in [-0.4, -0.2) is 70.7 Å². The van der Waals surface area contributed by atoms with E-state index >= 15 is 0 Å². The molecule has 1 aliphatic carbocycles. The summed E-state index contributed by atoms with van der Waals surface area (Å²) in [4.78, 5) is 12.4. The van der Waals surface area contributed by atoms with E-state index in [2.05, 4.69) is 30.5 Å². The number of nitrogens with zero attached hydrogens (tertiary/aromatic N) is 4. The summed E-state index contributed by atoms with van der Waals surface area (Å²) >= 11 is 0. The Balaban J connectivity index is 1.55. The van der Waals surface area contributed by atoms with Gasteiger partial charge in [0.25, 0.3) is 0 Å². The average molecular weight is 434 g/mol. The highest BCUT2D eigenvalue weighted by Gasteiger charge is 2.29. The van der Waals surface area contributed by atoms with Crippen LogP contribution in [-0.2, 0) is 0 Å². The molecule has 3 heterocycles. The maximum atomic E-state index is 10.2. The maximum absolute atomic E-state index is 10.2. The number of ether oxygens (including phenoxy) is 1. The van der Waals surface area contributed by atoms with Crippen molar-refractivity contribution in [1.29, 1.82) is 0 Å². The predicted octanol–water partition coefficient (Wildman–Crippen LogP) is 2.17. The molecule has 1 saturated carbocycles.